The van der Waals surface area contributed by atoms with Gasteiger partial charge in [-0.1, -0.05) is 41.0 Å². The third-order valence-electron chi connectivity index (χ3n) is 6.22. The van der Waals surface area contributed by atoms with Crippen molar-refractivity contribution in [1.82, 2.24) is 15.0 Å². The van der Waals surface area contributed by atoms with Crippen molar-refractivity contribution in [3.63, 3.8) is 0 Å². The van der Waals surface area contributed by atoms with E-state index in [1.54, 1.807) is 11.0 Å². The molecule has 0 bridgehead atoms. The minimum absolute atomic E-state index is 0.0735. The predicted molar refractivity (Wildman–Crippen MR) is 130 cm³/mol. The van der Waals surface area contributed by atoms with Crippen molar-refractivity contribution in [2.75, 3.05) is 39.4 Å². The molecule has 0 spiro atoms. The van der Waals surface area contributed by atoms with Crippen LogP contribution in [0.1, 0.15) is 42.9 Å². The van der Waals surface area contributed by atoms with Gasteiger partial charge < -0.3 is 23.8 Å². The maximum atomic E-state index is 13.2. The molecule has 2 atom stereocenters. The molecule has 8 nitrogen and oxygen atoms in total. The molecule has 0 N–H and O–H groups in total. The summed E-state index contributed by atoms with van der Waals surface area (Å²) in [6.07, 6.45) is 1.54. The van der Waals surface area contributed by atoms with Gasteiger partial charge in [0.1, 0.15) is 11.9 Å². The molecule has 0 radical (unpaired) electrons. The molecule has 4 rings (SSSR count). The van der Waals surface area contributed by atoms with Crippen LogP contribution in [0.2, 0.25) is 0 Å². The van der Waals surface area contributed by atoms with E-state index in [0.29, 0.717) is 58.2 Å². The molecule has 0 saturated carbocycles. The number of aromatic nitrogens is 1. The van der Waals surface area contributed by atoms with Gasteiger partial charge in [-0.2, -0.15) is 0 Å². The van der Waals surface area contributed by atoms with Crippen LogP contribution in [0.5, 0.6) is 5.75 Å². The number of nitrogens with zero attached hydrogens (tertiary/aromatic N) is 3. The molecule has 2 saturated heterocycles. The Morgan fingerprint density at radius 3 is 2.71 bits per heavy atom. The summed E-state index contributed by atoms with van der Waals surface area (Å²) in [4.78, 5) is 29.8. The zero-order valence-electron chi connectivity index (χ0n) is 19.7. The zero-order valence-corrected chi connectivity index (χ0v) is 21.3. The van der Waals surface area contributed by atoms with Gasteiger partial charge in [0, 0.05) is 55.5 Å². The Balaban J connectivity index is 1.47. The quantitative estimate of drug-likeness (QED) is 0.538. The SMILES string of the molecule is CC(C)Cc1cc(C(=O)N2CC[C@H](Oc3cccc(Br)c3)[C@@H](CC(=O)N3CCOCC3)C2)on1. The molecular weight excluding hydrogens is 502 g/mol. The van der Waals surface area contributed by atoms with Crippen molar-refractivity contribution in [2.45, 2.75) is 39.2 Å². The summed E-state index contributed by atoms with van der Waals surface area (Å²) in [5.41, 5.74) is 0.783. The number of morpholine rings is 1. The highest BCUT2D eigenvalue weighted by Gasteiger charge is 2.36. The second-order valence-electron chi connectivity index (χ2n) is 9.39. The maximum absolute atomic E-state index is 13.2. The summed E-state index contributed by atoms with van der Waals surface area (Å²) >= 11 is 3.48. The molecular formula is C25H32BrN3O5. The van der Waals surface area contributed by atoms with E-state index >= 15 is 0 Å². The molecule has 3 heterocycles. The van der Waals surface area contributed by atoms with E-state index in [0.717, 1.165) is 22.3 Å². The smallest absolute Gasteiger partial charge is 0.292 e. The highest BCUT2D eigenvalue weighted by atomic mass is 79.9. The topological polar surface area (TPSA) is 85.1 Å². The highest BCUT2D eigenvalue weighted by Crippen LogP contribution is 2.29. The van der Waals surface area contributed by atoms with Gasteiger partial charge in [-0.25, -0.2) is 0 Å². The Morgan fingerprint density at radius 1 is 1.18 bits per heavy atom. The number of hydrogen-bond donors (Lipinski definition) is 0. The molecule has 2 aromatic rings. The first-order chi connectivity index (χ1) is 16.4. The Kier molecular flexibility index (Phi) is 8.26. The lowest BCUT2D eigenvalue weighted by molar-refractivity contribution is -0.137. The van der Waals surface area contributed by atoms with Crippen molar-refractivity contribution < 1.29 is 23.6 Å². The van der Waals surface area contributed by atoms with E-state index in [1.165, 1.54) is 0 Å². The number of rotatable bonds is 7. The summed E-state index contributed by atoms with van der Waals surface area (Å²) in [5.74, 6) is 1.17. The van der Waals surface area contributed by atoms with Crippen LogP contribution in [0.25, 0.3) is 0 Å². The van der Waals surface area contributed by atoms with Crippen molar-refractivity contribution in [3.05, 3.63) is 46.3 Å². The van der Waals surface area contributed by atoms with Gasteiger partial charge >= 0.3 is 0 Å². The first kappa shape index (κ1) is 24.7. The lowest BCUT2D eigenvalue weighted by Gasteiger charge is -2.39. The van der Waals surface area contributed by atoms with E-state index < -0.39 is 0 Å². The van der Waals surface area contributed by atoms with E-state index in [2.05, 4.69) is 34.9 Å². The van der Waals surface area contributed by atoms with Gasteiger partial charge in [0.25, 0.3) is 5.91 Å². The molecule has 2 amide bonds. The fourth-order valence-electron chi connectivity index (χ4n) is 4.51. The largest absolute Gasteiger partial charge is 0.490 e. The summed E-state index contributed by atoms with van der Waals surface area (Å²) in [6, 6.07) is 9.43. The van der Waals surface area contributed by atoms with Gasteiger partial charge in [0.05, 0.1) is 18.9 Å². The standard InChI is InChI=1S/C25H32BrN3O5/c1-17(2)12-20-15-23(34-27-20)25(31)29-7-6-22(33-21-5-3-4-19(26)14-21)18(16-29)13-24(30)28-8-10-32-11-9-28/h3-5,14-15,17-18,22H,6-13,16H2,1-2H3/t18-,22-/m0/s1. The Hall–Kier alpha value is -2.39. The number of carbonyl (C=O) groups excluding carboxylic acids is 2. The second kappa shape index (κ2) is 11.4. The molecule has 2 fully saturated rings. The molecule has 9 heteroatoms. The number of piperidine rings is 1. The number of halogens is 1. The molecule has 0 unspecified atom stereocenters. The molecule has 2 aliphatic heterocycles. The maximum Gasteiger partial charge on any atom is 0.292 e. The summed E-state index contributed by atoms with van der Waals surface area (Å²) in [7, 11) is 0. The van der Waals surface area contributed by atoms with Crippen LogP contribution in [-0.2, 0) is 16.0 Å². The number of amides is 2. The van der Waals surface area contributed by atoms with Crippen LogP contribution in [0.3, 0.4) is 0 Å². The van der Waals surface area contributed by atoms with Gasteiger partial charge in [0.15, 0.2) is 0 Å². The summed E-state index contributed by atoms with van der Waals surface area (Å²) in [5, 5.41) is 4.06. The molecule has 184 valence electrons. The van der Waals surface area contributed by atoms with Gasteiger partial charge in [-0.15, -0.1) is 0 Å². The number of ether oxygens (including phenoxy) is 2. The number of carbonyl (C=O) groups is 2. The number of hydrogen-bond acceptors (Lipinski definition) is 6. The predicted octanol–water partition coefficient (Wildman–Crippen LogP) is 3.79. The number of likely N-dealkylation sites (tertiary alicyclic amines) is 1. The lowest BCUT2D eigenvalue weighted by Crippen LogP contribution is -2.50. The molecule has 34 heavy (non-hydrogen) atoms. The molecule has 1 aromatic heterocycles. The lowest BCUT2D eigenvalue weighted by atomic mass is 9.90. The fraction of sp³-hybridized carbons (Fsp3) is 0.560. The van der Waals surface area contributed by atoms with E-state index in [-0.39, 0.29) is 29.6 Å². The van der Waals surface area contributed by atoms with Crippen molar-refractivity contribution in [3.8, 4) is 5.75 Å². The molecule has 1 aromatic carbocycles. The van der Waals surface area contributed by atoms with Crippen molar-refractivity contribution >= 4 is 27.7 Å². The first-order valence-corrected chi connectivity index (χ1v) is 12.7. The highest BCUT2D eigenvalue weighted by molar-refractivity contribution is 9.10. The van der Waals surface area contributed by atoms with E-state index in [9.17, 15) is 9.59 Å². The Labute approximate surface area is 208 Å². The van der Waals surface area contributed by atoms with Gasteiger partial charge in [0.2, 0.25) is 11.7 Å². The van der Waals surface area contributed by atoms with Crippen molar-refractivity contribution in [2.24, 2.45) is 11.8 Å². The van der Waals surface area contributed by atoms with Crippen molar-refractivity contribution in [1.29, 1.82) is 0 Å². The van der Waals surface area contributed by atoms with Gasteiger partial charge in [-0.3, -0.25) is 9.59 Å². The van der Waals surface area contributed by atoms with Crippen LogP contribution >= 0.6 is 15.9 Å². The van der Waals surface area contributed by atoms with Gasteiger partial charge in [-0.05, 0) is 30.5 Å². The van der Waals surface area contributed by atoms with Crippen LogP contribution < -0.4 is 4.74 Å². The Bertz CT molecular complexity index is 988. The van der Waals surface area contributed by atoms with E-state index in [4.69, 9.17) is 14.0 Å². The minimum atomic E-state index is -0.188. The molecule has 0 aliphatic carbocycles. The van der Waals surface area contributed by atoms with Crippen LogP contribution in [0.4, 0.5) is 0 Å². The van der Waals surface area contributed by atoms with Crippen LogP contribution in [0, 0.1) is 11.8 Å². The van der Waals surface area contributed by atoms with E-state index in [1.807, 2.05) is 29.2 Å². The average molecular weight is 534 g/mol. The van der Waals surface area contributed by atoms with Crippen LogP contribution in [0.15, 0.2) is 39.3 Å². The third-order valence-corrected chi connectivity index (χ3v) is 6.72. The second-order valence-corrected chi connectivity index (χ2v) is 10.3. The fourth-order valence-corrected chi connectivity index (χ4v) is 4.89. The first-order valence-electron chi connectivity index (χ1n) is 11.9. The Morgan fingerprint density at radius 2 is 1.97 bits per heavy atom. The molecule has 2 aliphatic rings. The summed E-state index contributed by atoms with van der Waals surface area (Å²) in [6.45, 7) is 7.47. The summed E-state index contributed by atoms with van der Waals surface area (Å²) < 4.78 is 18.0. The third kappa shape index (κ3) is 6.39. The minimum Gasteiger partial charge on any atom is -0.490 e. The number of benzene rings is 1. The van der Waals surface area contributed by atoms with Crippen LogP contribution in [-0.4, -0.2) is 72.3 Å². The zero-order chi connectivity index (χ0) is 24.1. The monoisotopic (exact) mass is 533 g/mol. The average Bonchev–Trinajstić information content (AvgIpc) is 3.28. The normalized spacial score (nSPS) is 21.1.